The Balaban J connectivity index is 1.50. The van der Waals surface area contributed by atoms with E-state index < -0.39 is 21.5 Å². The molecular weight excluding hydrogens is 420 g/mol. The number of nitrogens with one attached hydrogen (secondary N) is 1. The molecule has 0 atom stereocenters. The molecule has 0 unspecified atom stereocenters. The van der Waals surface area contributed by atoms with Gasteiger partial charge in [0.25, 0.3) is 11.5 Å². The van der Waals surface area contributed by atoms with Gasteiger partial charge in [-0.05, 0) is 23.3 Å². The smallest absolute Gasteiger partial charge is 0.270 e. The minimum atomic E-state index is -3.50. The predicted octanol–water partition coefficient (Wildman–Crippen LogP) is 0.786. The van der Waals surface area contributed by atoms with E-state index >= 15 is 0 Å². The Morgan fingerprint density at radius 1 is 1.06 bits per heavy atom. The van der Waals surface area contributed by atoms with Crippen molar-refractivity contribution >= 4 is 21.6 Å². The van der Waals surface area contributed by atoms with Crippen LogP contribution in [-0.4, -0.2) is 54.3 Å². The summed E-state index contributed by atoms with van der Waals surface area (Å²) in [6.45, 7) is 1.52. The Kier molecular flexibility index (Phi) is 6.12. The molecule has 1 N–H and O–H groups in total. The van der Waals surface area contributed by atoms with Gasteiger partial charge in [-0.25, -0.2) is 13.4 Å². The number of pyridine rings is 1. The fraction of sp³-hybridized carbons (Fsp3) is 0.286. The molecule has 3 heterocycles. The Hall–Kier alpha value is -3.08. The van der Waals surface area contributed by atoms with Crippen LogP contribution >= 0.6 is 0 Å². The predicted molar refractivity (Wildman–Crippen MR) is 114 cm³/mol. The summed E-state index contributed by atoms with van der Waals surface area (Å²) >= 11 is 0. The summed E-state index contributed by atoms with van der Waals surface area (Å²) in [7, 11) is -3.50. The van der Waals surface area contributed by atoms with Crippen LogP contribution in [0.5, 0.6) is 0 Å². The number of amides is 1. The van der Waals surface area contributed by atoms with E-state index in [2.05, 4.69) is 10.3 Å². The van der Waals surface area contributed by atoms with E-state index in [0.717, 1.165) is 0 Å². The van der Waals surface area contributed by atoms with E-state index in [-0.39, 0.29) is 17.9 Å². The highest BCUT2D eigenvalue weighted by molar-refractivity contribution is 7.88. The standard InChI is InChI=1S/C21H22N4O5S/c26-20(18-14-22-19-7-3-4-8-25(19)21(18)27)23-13-16-5-1-2-6-17(16)15-31(28,29)24-9-11-30-12-10-24/h1-8,14H,9-13,15H2,(H,23,26). The summed E-state index contributed by atoms with van der Waals surface area (Å²) in [5, 5.41) is 2.71. The normalized spacial score (nSPS) is 15.1. The molecule has 1 amide bonds. The monoisotopic (exact) mass is 442 g/mol. The topological polar surface area (TPSA) is 110 Å². The molecule has 1 aliphatic rings. The van der Waals surface area contributed by atoms with Gasteiger partial charge in [-0.2, -0.15) is 4.31 Å². The highest BCUT2D eigenvalue weighted by atomic mass is 32.2. The molecule has 31 heavy (non-hydrogen) atoms. The molecule has 0 bridgehead atoms. The van der Waals surface area contributed by atoms with Crippen molar-refractivity contribution in [3.63, 3.8) is 0 Å². The van der Waals surface area contributed by atoms with E-state index in [1.807, 2.05) is 0 Å². The SMILES string of the molecule is O=C(NCc1ccccc1CS(=O)(=O)N1CCOCC1)c1cnc2ccccn2c1=O. The second kappa shape index (κ2) is 8.96. The molecule has 0 spiro atoms. The second-order valence-corrected chi connectivity index (χ2v) is 9.09. The van der Waals surface area contributed by atoms with Crippen molar-refractivity contribution in [1.29, 1.82) is 0 Å². The number of nitrogens with zero attached hydrogens (tertiary/aromatic N) is 3. The van der Waals surface area contributed by atoms with Crippen molar-refractivity contribution in [2.75, 3.05) is 26.3 Å². The van der Waals surface area contributed by atoms with Crippen molar-refractivity contribution in [3.8, 4) is 0 Å². The lowest BCUT2D eigenvalue weighted by molar-refractivity contribution is 0.0729. The summed E-state index contributed by atoms with van der Waals surface area (Å²) in [5.74, 6) is -0.735. The van der Waals surface area contributed by atoms with Gasteiger partial charge in [0, 0.05) is 32.0 Å². The number of hydrogen-bond donors (Lipinski definition) is 1. The van der Waals surface area contributed by atoms with Crippen LogP contribution in [0.25, 0.3) is 5.65 Å². The van der Waals surface area contributed by atoms with Gasteiger partial charge in [-0.1, -0.05) is 30.3 Å². The lowest BCUT2D eigenvalue weighted by atomic mass is 10.1. The van der Waals surface area contributed by atoms with Crippen LogP contribution in [-0.2, 0) is 27.1 Å². The number of rotatable bonds is 6. The summed E-state index contributed by atoms with van der Waals surface area (Å²) in [4.78, 5) is 29.3. The molecule has 3 aromatic rings. The van der Waals surface area contributed by atoms with Gasteiger partial charge in [0.05, 0.1) is 19.0 Å². The Bertz CT molecular complexity index is 1270. The van der Waals surface area contributed by atoms with E-state index in [0.29, 0.717) is 43.1 Å². The molecule has 162 valence electrons. The van der Waals surface area contributed by atoms with Gasteiger partial charge in [0.2, 0.25) is 10.0 Å². The highest BCUT2D eigenvalue weighted by Crippen LogP contribution is 2.16. The average molecular weight is 442 g/mol. The molecule has 1 aliphatic heterocycles. The van der Waals surface area contributed by atoms with Crippen LogP contribution in [0, 0.1) is 0 Å². The third-order valence-electron chi connectivity index (χ3n) is 5.12. The number of benzene rings is 1. The number of aromatic nitrogens is 2. The first-order valence-corrected chi connectivity index (χ1v) is 11.4. The number of ether oxygens (including phenoxy) is 1. The molecule has 9 nitrogen and oxygen atoms in total. The van der Waals surface area contributed by atoms with E-state index in [1.54, 1.807) is 48.7 Å². The van der Waals surface area contributed by atoms with Gasteiger partial charge in [0.1, 0.15) is 11.2 Å². The van der Waals surface area contributed by atoms with Crippen molar-refractivity contribution in [2.24, 2.45) is 0 Å². The molecule has 0 saturated carbocycles. The Morgan fingerprint density at radius 3 is 2.55 bits per heavy atom. The highest BCUT2D eigenvalue weighted by Gasteiger charge is 2.25. The van der Waals surface area contributed by atoms with Crippen LogP contribution in [0.3, 0.4) is 0 Å². The largest absolute Gasteiger partial charge is 0.379 e. The minimum absolute atomic E-state index is 0.0814. The Labute approximate surface area is 179 Å². The first-order chi connectivity index (χ1) is 15.0. The van der Waals surface area contributed by atoms with E-state index in [1.165, 1.54) is 14.9 Å². The fourth-order valence-electron chi connectivity index (χ4n) is 3.44. The van der Waals surface area contributed by atoms with Crippen LogP contribution in [0.1, 0.15) is 21.5 Å². The molecule has 1 fully saturated rings. The Morgan fingerprint density at radius 2 is 1.77 bits per heavy atom. The molecule has 1 saturated heterocycles. The van der Waals surface area contributed by atoms with Crippen LogP contribution < -0.4 is 10.9 Å². The number of sulfonamides is 1. The third-order valence-corrected chi connectivity index (χ3v) is 6.94. The zero-order valence-corrected chi connectivity index (χ0v) is 17.5. The number of carbonyl (C=O) groups excluding carboxylic acids is 1. The molecule has 0 radical (unpaired) electrons. The van der Waals surface area contributed by atoms with Crippen LogP contribution in [0.15, 0.2) is 59.7 Å². The first kappa shape index (κ1) is 21.2. The van der Waals surface area contributed by atoms with Crippen molar-refractivity contribution in [3.05, 3.63) is 81.9 Å². The fourth-order valence-corrected chi connectivity index (χ4v) is 5.00. The molecule has 10 heteroatoms. The van der Waals surface area contributed by atoms with Gasteiger partial charge >= 0.3 is 0 Å². The van der Waals surface area contributed by atoms with Gasteiger partial charge < -0.3 is 10.1 Å². The molecule has 1 aromatic carbocycles. The van der Waals surface area contributed by atoms with Crippen molar-refractivity contribution < 1.29 is 17.9 Å². The van der Waals surface area contributed by atoms with E-state index in [9.17, 15) is 18.0 Å². The lowest BCUT2D eigenvalue weighted by Gasteiger charge is -2.26. The van der Waals surface area contributed by atoms with Gasteiger partial charge in [-0.15, -0.1) is 0 Å². The number of fused-ring (bicyclic) bond motifs is 1. The zero-order chi connectivity index (χ0) is 21.8. The maximum Gasteiger partial charge on any atom is 0.270 e. The van der Waals surface area contributed by atoms with Crippen LogP contribution in [0.4, 0.5) is 0 Å². The van der Waals surface area contributed by atoms with Crippen LogP contribution in [0.2, 0.25) is 0 Å². The lowest BCUT2D eigenvalue weighted by Crippen LogP contribution is -2.41. The van der Waals surface area contributed by atoms with Crippen molar-refractivity contribution in [2.45, 2.75) is 12.3 Å². The maximum absolute atomic E-state index is 12.8. The summed E-state index contributed by atoms with van der Waals surface area (Å²) in [6, 6.07) is 12.1. The van der Waals surface area contributed by atoms with E-state index in [4.69, 9.17) is 4.74 Å². The number of carbonyl (C=O) groups is 1. The average Bonchev–Trinajstić information content (AvgIpc) is 2.79. The summed E-state index contributed by atoms with van der Waals surface area (Å²) in [6.07, 6.45) is 2.80. The third kappa shape index (κ3) is 4.66. The second-order valence-electron chi connectivity index (χ2n) is 7.12. The molecule has 2 aromatic heterocycles. The first-order valence-electron chi connectivity index (χ1n) is 9.83. The summed E-state index contributed by atoms with van der Waals surface area (Å²) < 4.78 is 33.5. The maximum atomic E-state index is 12.8. The van der Waals surface area contributed by atoms with Gasteiger partial charge in [-0.3, -0.25) is 14.0 Å². The number of hydrogen-bond acceptors (Lipinski definition) is 6. The molecule has 0 aliphatic carbocycles. The number of morpholine rings is 1. The zero-order valence-electron chi connectivity index (χ0n) is 16.7. The molecule has 4 rings (SSSR count). The molecular formula is C21H22N4O5S. The quantitative estimate of drug-likeness (QED) is 0.604. The minimum Gasteiger partial charge on any atom is -0.379 e. The van der Waals surface area contributed by atoms with Crippen molar-refractivity contribution in [1.82, 2.24) is 19.0 Å². The van der Waals surface area contributed by atoms with Gasteiger partial charge in [0.15, 0.2) is 0 Å². The summed E-state index contributed by atoms with van der Waals surface area (Å²) in [5.41, 5.74) is 1.17.